The maximum Gasteiger partial charge on any atom is 0.269 e. The first kappa shape index (κ1) is 20.9. The molecule has 0 unspecified atom stereocenters. The number of rotatable bonds is 3. The molecule has 33 heavy (non-hydrogen) atoms. The van der Waals surface area contributed by atoms with Crippen molar-refractivity contribution >= 4 is 45.4 Å². The predicted octanol–water partition coefficient (Wildman–Crippen LogP) is 3.37. The molecule has 2 aromatic heterocycles. The molecule has 166 valence electrons. The number of amides is 1. The summed E-state index contributed by atoms with van der Waals surface area (Å²) in [6.07, 6.45) is 1.52. The molecule has 5 rings (SSSR count). The van der Waals surface area contributed by atoms with Crippen LogP contribution in [0.15, 0.2) is 65.6 Å². The third-order valence-electron chi connectivity index (χ3n) is 5.81. The maximum absolute atomic E-state index is 13.1. The average molecular weight is 464 g/mol. The van der Waals surface area contributed by atoms with E-state index in [9.17, 15) is 19.7 Å². The third-order valence-corrected chi connectivity index (χ3v) is 6.04. The molecule has 1 aliphatic heterocycles. The number of nitrogens with zero attached hydrogens (tertiary/aromatic N) is 5. The molecule has 1 aliphatic rings. The van der Waals surface area contributed by atoms with Crippen molar-refractivity contribution in [3.05, 3.63) is 91.8 Å². The minimum atomic E-state index is -0.428. The van der Waals surface area contributed by atoms with E-state index in [4.69, 9.17) is 11.6 Å². The molecule has 0 aliphatic carbocycles. The van der Waals surface area contributed by atoms with E-state index < -0.39 is 4.92 Å². The van der Waals surface area contributed by atoms with E-state index in [0.717, 1.165) is 5.69 Å². The van der Waals surface area contributed by atoms with E-state index in [1.165, 1.54) is 22.7 Å². The average Bonchev–Trinajstić information content (AvgIpc) is 2.84. The van der Waals surface area contributed by atoms with E-state index >= 15 is 0 Å². The summed E-state index contributed by atoms with van der Waals surface area (Å²) in [5.74, 6) is -0.168. The van der Waals surface area contributed by atoms with Crippen molar-refractivity contribution in [1.29, 1.82) is 0 Å². The number of pyridine rings is 1. The number of carbonyl (C=O) groups is 1. The first-order valence-corrected chi connectivity index (χ1v) is 10.7. The molecule has 0 radical (unpaired) electrons. The summed E-state index contributed by atoms with van der Waals surface area (Å²) in [4.78, 5) is 44.8. The number of piperazine rings is 1. The first-order valence-electron chi connectivity index (χ1n) is 10.3. The number of non-ortho nitro benzene ring substituents is 1. The molecule has 9 nitrogen and oxygen atoms in total. The Hall–Kier alpha value is -3.98. The summed E-state index contributed by atoms with van der Waals surface area (Å²) in [6.45, 7) is 2.19. The Bertz CT molecular complexity index is 1460. The van der Waals surface area contributed by atoms with E-state index in [1.54, 1.807) is 47.4 Å². The van der Waals surface area contributed by atoms with Crippen LogP contribution in [-0.4, -0.2) is 51.3 Å². The fourth-order valence-corrected chi connectivity index (χ4v) is 4.21. The number of nitro groups is 1. The Morgan fingerprint density at radius 1 is 1.00 bits per heavy atom. The van der Waals surface area contributed by atoms with E-state index in [1.807, 2.05) is 0 Å². The summed E-state index contributed by atoms with van der Waals surface area (Å²) in [7, 11) is 0. The van der Waals surface area contributed by atoms with Crippen LogP contribution in [0.4, 0.5) is 11.4 Å². The highest BCUT2D eigenvalue weighted by molar-refractivity contribution is 6.31. The van der Waals surface area contributed by atoms with Crippen molar-refractivity contribution in [2.24, 2.45) is 0 Å². The minimum Gasteiger partial charge on any atom is -0.368 e. The lowest BCUT2D eigenvalue weighted by atomic mass is 10.2. The molecule has 3 heterocycles. The van der Waals surface area contributed by atoms with E-state index in [-0.39, 0.29) is 17.2 Å². The van der Waals surface area contributed by atoms with Crippen molar-refractivity contribution in [3.8, 4) is 0 Å². The SMILES string of the molecule is O=C(c1ccc2nc3ccc(Cl)cc3c(=O)n2c1)N1CCN(c2ccc([N+](=O)[O-])cc2)CC1. The Morgan fingerprint density at radius 2 is 1.73 bits per heavy atom. The van der Waals surface area contributed by atoms with Crippen LogP contribution in [0.1, 0.15) is 10.4 Å². The number of anilines is 1. The molecule has 1 amide bonds. The van der Waals surface area contributed by atoms with Gasteiger partial charge < -0.3 is 9.80 Å². The summed E-state index contributed by atoms with van der Waals surface area (Å²) in [5, 5.41) is 11.7. The van der Waals surface area contributed by atoms with Gasteiger partial charge in [0, 0.05) is 55.2 Å². The lowest BCUT2D eigenvalue weighted by molar-refractivity contribution is -0.384. The maximum atomic E-state index is 13.1. The van der Waals surface area contributed by atoms with Crippen molar-refractivity contribution in [3.63, 3.8) is 0 Å². The van der Waals surface area contributed by atoms with Crippen LogP contribution >= 0.6 is 11.6 Å². The molecule has 1 fully saturated rings. The van der Waals surface area contributed by atoms with Crippen LogP contribution < -0.4 is 10.5 Å². The van der Waals surface area contributed by atoms with Crippen LogP contribution in [0.5, 0.6) is 0 Å². The number of carbonyl (C=O) groups excluding carboxylic acids is 1. The number of hydrogen-bond acceptors (Lipinski definition) is 6. The van der Waals surface area contributed by atoms with Gasteiger partial charge in [0.1, 0.15) is 5.65 Å². The summed E-state index contributed by atoms with van der Waals surface area (Å²) < 4.78 is 1.37. The van der Waals surface area contributed by atoms with Crippen molar-refractivity contribution in [2.45, 2.75) is 0 Å². The molecule has 10 heteroatoms. The van der Waals surface area contributed by atoms with Crippen molar-refractivity contribution < 1.29 is 9.72 Å². The second kappa shape index (κ2) is 8.18. The van der Waals surface area contributed by atoms with Crippen LogP contribution in [0, 0.1) is 10.1 Å². The first-order chi connectivity index (χ1) is 15.9. The second-order valence-electron chi connectivity index (χ2n) is 7.78. The lowest BCUT2D eigenvalue weighted by Gasteiger charge is -2.36. The van der Waals surface area contributed by atoms with Gasteiger partial charge in [-0.25, -0.2) is 4.98 Å². The molecule has 4 aromatic rings. The fourth-order valence-electron chi connectivity index (χ4n) is 4.04. The number of aromatic nitrogens is 2. The zero-order valence-electron chi connectivity index (χ0n) is 17.3. The molecule has 1 saturated heterocycles. The Labute approximate surface area is 192 Å². The number of nitro benzene ring substituents is 1. The molecule has 0 bridgehead atoms. The topological polar surface area (TPSA) is 101 Å². The smallest absolute Gasteiger partial charge is 0.269 e. The Kier molecular flexibility index (Phi) is 5.18. The molecule has 0 spiro atoms. The number of hydrogen-bond donors (Lipinski definition) is 0. The number of fused-ring (bicyclic) bond motifs is 2. The highest BCUT2D eigenvalue weighted by atomic mass is 35.5. The van der Waals surface area contributed by atoms with Crippen LogP contribution in [-0.2, 0) is 0 Å². The quantitative estimate of drug-likeness (QED) is 0.262. The summed E-state index contributed by atoms with van der Waals surface area (Å²) in [5.41, 5.74) is 2.04. The molecular weight excluding hydrogens is 446 g/mol. The van der Waals surface area contributed by atoms with Gasteiger partial charge in [-0.2, -0.15) is 0 Å². The van der Waals surface area contributed by atoms with E-state index in [0.29, 0.717) is 53.3 Å². The zero-order chi connectivity index (χ0) is 23.1. The van der Waals surface area contributed by atoms with Crippen LogP contribution in [0.2, 0.25) is 5.02 Å². The van der Waals surface area contributed by atoms with Crippen molar-refractivity contribution in [2.75, 3.05) is 31.1 Å². The standard InChI is InChI=1S/C23H18ClN5O4/c24-16-2-7-20-19(13-16)23(31)28-14-15(1-8-21(28)25-20)22(30)27-11-9-26(10-12-27)17-3-5-18(6-4-17)29(32)33/h1-8,13-14H,9-12H2. The van der Waals surface area contributed by atoms with Gasteiger partial charge in [-0.1, -0.05) is 11.6 Å². The number of halogens is 1. The Balaban J connectivity index is 1.36. The van der Waals surface area contributed by atoms with Crippen LogP contribution in [0.3, 0.4) is 0 Å². The Morgan fingerprint density at radius 3 is 2.42 bits per heavy atom. The van der Waals surface area contributed by atoms with Crippen molar-refractivity contribution in [1.82, 2.24) is 14.3 Å². The third kappa shape index (κ3) is 3.87. The van der Waals surface area contributed by atoms with Gasteiger partial charge in [0.15, 0.2) is 0 Å². The molecule has 0 N–H and O–H groups in total. The molecule has 0 saturated carbocycles. The van der Waals surface area contributed by atoms with Gasteiger partial charge in [0.25, 0.3) is 17.2 Å². The second-order valence-corrected chi connectivity index (χ2v) is 8.21. The highest BCUT2D eigenvalue weighted by Crippen LogP contribution is 2.21. The molecule has 0 atom stereocenters. The van der Waals surface area contributed by atoms with Gasteiger partial charge in [-0.05, 0) is 42.5 Å². The van der Waals surface area contributed by atoms with Gasteiger partial charge in [-0.15, -0.1) is 0 Å². The summed E-state index contributed by atoms with van der Waals surface area (Å²) >= 11 is 6.03. The van der Waals surface area contributed by atoms with E-state index in [2.05, 4.69) is 9.88 Å². The van der Waals surface area contributed by atoms with Gasteiger partial charge >= 0.3 is 0 Å². The zero-order valence-corrected chi connectivity index (χ0v) is 18.1. The normalized spacial score (nSPS) is 14.1. The fraction of sp³-hybridized carbons (Fsp3) is 0.174. The lowest BCUT2D eigenvalue weighted by Crippen LogP contribution is -2.48. The van der Waals surface area contributed by atoms with Gasteiger partial charge in [0.05, 0.1) is 21.4 Å². The van der Waals surface area contributed by atoms with Gasteiger partial charge in [-0.3, -0.25) is 24.1 Å². The predicted molar refractivity (Wildman–Crippen MR) is 125 cm³/mol. The van der Waals surface area contributed by atoms with Gasteiger partial charge in [0.2, 0.25) is 0 Å². The summed E-state index contributed by atoms with van der Waals surface area (Å²) in [6, 6.07) is 14.7. The monoisotopic (exact) mass is 463 g/mol. The highest BCUT2D eigenvalue weighted by Gasteiger charge is 2.23. The minimum absolute atomic E-state index is 0.0450. The number of benzene rings is 2. The molecular formula is C23H18ClN5O4. The largest absolute Gasteiger partial charge is 0.368 e. The van der Waals surface area contributed by atoms with Crippen LogP contribution in [0.25, 0.3) is 16.6 Å². The molecule has 2 aromatic carbocycles.